The van der Waals surface area contributed by atoms with Crippen LogP contribution in [0.4, 0.5) is 0 Å². The summed E-state index contributed by atoms with van der Waals surface area (Å²) >= 11 is 0. The summed E-state index contributed by atoms with van der Waals surface area (Å²) in [7, 11) is 2.12. The van der Waals surface area contributed by atoms with E-state index in [4.69, 9.17) is 0 Å². The molecule has 8 heavy (non-hydrogen) atoms. The van der Waals surface area contributed by atoms with Gasteiger partial charge in [-0.1, -0.05) is 6.92 Å². The molecule has 0 aromatic rings. The van der Waals surface area contributed by atoms with Crippen molar-refractivity contribution in [2.45, 2.75) is 13.3 Å². The van der Waals surface area contributed by atoms with Crippen LogP contribution in [0.25, 0.3) is 0 Å². The van der Waals surface area contributed by atoms with E-state index in [0.717, 1.165) is 13.0 Å². The predicted molar refractivity (Wildman–Crippen MR) is 34.4 cm³/mol. The van der Waals surface area contributed by atoms with Gasteiger partial charge in [-0.2, -0.15) is 0 Å². The molecule has 2 nitrogen and oxygen atoms in total. The first-order chi connectivity index (χ1) is 3.84. The van der Waals surface area contributed by atoms with Gasteiger partial charge in [0.25, 0.3) is 0 Å². The summed E-state index contributed by atoms with van der Waals surface area (Å²) in [4.78, 5) is 0. The zero-order valence-corrected chi connectivity index (χ0v) is 5.57. The zero-order valence-electron chi connectivity index (χ0n) is 5.57. The molecule has 0 saturated heterocycles. The first kappa shape index (κ1) is 5.60. The summed E-state index contributed by atoms with van der Waals surface area (Å²) in [5, 5.41) is 3.30. The van der Waals surface area contributed by atoms with Crippen molar-refractivity contribution < 1.29 is 4.58 Å². The topological polar surface area (TPSA) is 15.0 Å². The molecule has 0 aliphatic carbocycles. The maximum absolute atomic E-state index is 3.30. The maximum Gasteiger partial charge on any atom is 0.244 e. The van der Waals surface area contributed by atoms with Crippen LogP contribution < -0.4 is 5.32 Å². The molecule has 46 valence electrons. The summed E-state index contributed by atoms with van der Waals surface area (Å²) < 4.78 is 2.26. The lowest BCUT2D eigenvalue weighted by Crippen LogP contribution is -2.19. The van der Waals surface area contributed by atoms with Crippen LogP contribution >= 0.6 is 0 Å². The van der Waals surface area contributed by atoms with Crippen molar-refractivity contribution in [1.82, 2.24) is 5.32 Å². The minimum atomic E-state index is 1.12. The van der Waals surface area contributed by atoms with Crippen LogP contribution in [-0.2, 0) is 0 Å². The van der Waals surface area contributed by atoms with Gasteiger partial charge in [-0.25, -0.2) is 0 Å². The largest absolute Gasteiger partial charge is 0.274 e. The van der Waals surface area contributed by atoms with Crippen LogP contribution in [0, 0.1) is 0 Å². The molecule has 0 radical (unpaired) electrons. The Morgan fingerprint density at radius 3 is 2.75 bits per heavy atom. The molecule has 2 heteroatoms. The molecule has 0 spiro atoms. The van der Waals surface area contributed by atoms with E-state index in [1.165, 1.54) is 12.4 Å². The lowest BCUT2D eigenvalue weighted by Gasteiger charge is -1.89. The number of hydrogen-bond donors (Lipinski definition) is 1. The fraction of sp³-hybridized carbons (Fsp3) is 0.833. The van der Waals surface area contributed by atoms with E-state index in [1.807, 2.05) is 0 Å². The van der Waals surface area contributed by atoms with Crippen LogP contribution in [-0.4, -0.2) is 30.5 Å². The van der Waals surface area contributed by atoms with Crippen molar-refractivity contribution in [3.05, 3.63) is 0 Å². The SMILES string of the molecule is CCC1=[N+](C)CCN1. The van der Waals surface area contributed by atoms with Crippen molar-refractivity contribution in [3.63, 3.8) is 0 Å². The molecular formula is C6H13N2+. The van der Waals surface area contributed by atoms with Crippen LogP contribution in [0.5, 0.6) is 0 Å². The highest BCUT2D eigenvalue weighted by Gasteiger charge is 2.13. The Labute approximate surface area is 50.2 Å². The highest BCUT2D eigenvalue weighted by atomic mass is 15.2. The van der Waals surface area contributed by atoms with E-state index >= 15 is 0 Å². The fourth-order valence-electron chi connectivity index (χ4n) is 1.03. The van der Waals surface area contributed by atoms with Gasteiger partial charge >= 0.3 is 0 Å². The van der Waals surface area contributed by atoms with Gasteiger partial charge in [-0.3, -0.25) is 9.89 Å². The van der Waals surface area contributed by atoms with Crippen molar-refractivity contribution >= 4 is 5.84 Å². The third-order valence-corrected chi connectivity index (χ3v) is 1.57. The molecule has 0 aromatic carbocycles. The number of nitrogens with zero attached hydrogens (tertiary/aromatic N) is 1. The minimum absolute atomic E-state index is 1.12. The quantitative estimate of drug-likeness (QED) is 0.474. The number of hydrogen-bond acceptors (Lipinski definition) is 1. The van der Waals surface area contributed by atoms with Crippen LogP contribution in [0.1, 0.15) is 13.3 Å². The molecule has 0 amide bonds. The lowest BCUT2D eigenvalue weighted by molar-refractivity contribution is -0.487. The highest BCUT2D eigenvalue weighted by Crippen LogP contribution is 1.86. The van der Waals surface area contributed by atoms with E-state index in [1.54, 1.807) is 0 Å². The molecule has 0 aromatic heterocycles. The van der Waals surface area contributed by atoms with E-state index in [-0.39, 0.29) is 0 Å². The molecule has 1 N–H and O–H groups in total. The maximum atomic E-state index is 3.30. The molecule has 1 aliphatic heterocycles. The fourth-order valence-corrected chi connectivity index (χ4v) is 1.03. The normalized spacial score (nSPS) is 19.2. The summed E-state index contributed by atoms with van der Waals surface area (Å²) in [6.45, 7) is 4.47. The second-order valence-electron chi connectivity index (χ2n) is 2.15. The lowest BCUT2D eigenvalue weighted by atomic mass is 10.4. The average Bonchev–Trinajstić information content (AvgIpc) is 2.14. The number of nitrogens with one attached hydrogen (secondary N) is 1. The van der Waals surface area contributed by atoms with Gasteiger partial charge in [0.05, 0.1) is 7.05 Å². The van der Waals surface area contributed by atoms with Crippen LogP contribution in [0.2, 0.25) is 0 Å². The molecule has 1 aliphatic rings. The predicted octanol–water partition coefficient (Wildman–Crippen LogP) is 0.0404. The Morgan fingerprint density at radius 1 is 1.75 bits per heavy atom. The molecule has 0 bridgehead atoms. The number of likely N-dealkylation sites (N-methyl/N-ethyl adjacent to an activating group) is 1. The molecule has 0 saturated carbocycles. The first-order valence-corrected chi connectivity index (χ1v) is 3.15. The Kier molecular flexibility index (Phi) is 1.51. The second kappa shape index (κ2) is 2.16. The third kappa shape index (κ3) is 0.831. The van der Waals surface area contributed by atoms with Crippen molar-refractivity contribution in [1.29, 1.82) is 0 Å². The standard InChI is InChI=1S/C6H12N2/c1-3-6-7-4-5-8(6)2/h3-5H2,1-2H3/p+1. The molecule has 1 heterocycles. The first-order valence-electron chi connectivity index (χ1n) is 3.15. The van der Waals surface area contributed by atoms with Crippen LogP contribution in [0.3, 0.4) is 0 Å². The molecule has 0 unspecified atom stereocenters. The van der Waals surface area contributed by atoms with Gasteiger partial charge in [0.15, 0.2) is 0 Å². The number of rotatable bonds is 1. The Bertz CT molecular complexity index is 116. The number of amidine groups is 1. The molecule has 1 rings (SSSR count). The Balaban J connectivity index is 2.58. The van der Waals surface area contributed by atoms with Gasteiger partial charge in [0.1, 0.15) is 13.1 Å². The van der Waals surface area contributed by atoms with Crippen molar-refractivity contribution in [3.8, 4) is 0 Å². The smallest absolute Gasteiger partial charge is 0.244 e. The summed E-state index contributed by atoms with van der Waals surface area (Å²) in [5.74, 6) is 1.38. The molecule has 0 fully saturated rings. The minimum Gasteiger partial charge on any atom is -0.274 e. The second-order valence-corrected chi connectivity index (χ2v) is 2.15. The Morgan fingerprint density at radius 2 is 2.50 bits per heavy atom. The zero-order chi connectivity index (χ0) is 5.98. The monoisotopic (exact) mass is 113 g/mol. The molecular weight excluding hydrogens is 100 g/mol. The van der Waals surface area contributed by atoms with E-state index in [0.29, 0.717) is 0 Å². The van der Waals surface area contributed by atoms with E-state index < -0.39 is 0 Å². The molecule has 0 atom stereocenters. The summed E-state index contributed by atoms with van der Waals surface area (Å²) in [6, 6.07) is 0. The van der Waals surface area contributed by atoms with Crippen molar-refractivity contribution in [2.75, 3.05) is 20.1 Å². The van der Waals surface area contributed by atoms with Gasteiger partial charge in [-0.05, 0) is 0 Å². The average molecular weight is 113 g/mol. The van der Waals surface area contributed by atoms with Gasteiger partial charge in [0.2, 0.25) is 5.84 Å². The van der Waals surface area contributed by atoms with Gasteiger partial charge in [-0.15, -0.1) is 0 Å². The van der Waals surface area contributed by atoms with Gasteiger partial charge < -0.3 is 0 Å². The summed E-state index contributed by atoms with van der Waals surface area (Å²) in [6.07, 6.45) is 1.14. The van der Waals surface area contributed by atoms with Crippen molar-refractivity contribution in [2.24, 2.45) is 0 Å². The summed E-state index contributed by atoms with van der Waals surface area (Å²) in [5.41, 5.74) is 0. The van der Waals surface area contributed by atoms with Crippen LogP contribution in [0.15, 0.2) is 0 Å². The van der Waals surface area contributed by atoms with E-state index in [2.05, 4.69) is 23.9 Å². The van der Waals surface area contributed by atoms with Gasteiger partial charge in [0, 0.05) is 6.42 Å². The highest BCUT2D eigenvalue weighted by molar-refractivity contribution is 5.77. The van der Waals surface area contributed by atoms with E-state index in [9.17, 15) is 0 Å². The third-order valence-electron chi connectivity index (χ3n) is 1.57. The Hall–Kier alpha value is -0.530.